The summed E-state index contributed by atoms with van der Waals surface area (Å²) < 4.78 is 20.9. The molecule has 22 heavy (non-hydrogen) atoms. The lowest BCUT2D eigenvalue weighted by Crippen LogP contribution is -2.41. The maximum absolute atomic E-state index is 12.5. The molecule has 120 valence electrons. The van der Waals surface area contributed by atoms with Gasteiger partial charge in [-0.1, -0.05) is 24.3 Å². The summed E-state index contributed by atoms with van der Waals surface area (Å²) in [6.07, 6.45) is 0.742. The van der Waals surface area contributed by atoms with Gasteiger partial charge < -0.3 is 9.29 Å². The van der Waals surface area contributed by atoms with E-state index in [0.29, 0.717) is 0 Å². The van der Waals surface area contributed by atoms with Gasteiger partial charge in [0.2, 0.25) is 0 Å². The van der Waals surface area contributed by atoms with Crippen molar-refractivity contribution in [3.8, 4) is 5.75 Å². The second-order valence-corrected chi connectivity index (χ2v) is 9.06. The fraction of sp³-hybridized carbons (Fsp3) is 0.412. The molecule has 1 unspecified atom stereocenters. The Morgan fingerprint density at radius 1 is 1.23 bits per heavy atom. The number of benzene rings is 1. The molecule has 0 spiro atoms. The molecule has 2 rings (SSSR count). The summed E-state index contributed by atoms with van der Waals surface area (Å²) in [6.45, 7) is 5.93. The summed E-state index contributed by atoms with van der Waals surface area (Å²) in [5.74, 6) is 0.868. The van der Waals surface area contributed by atoms with Crippen molar-refractivity contribution in [1.29, 1.82) is 0 Å². The molecular formula is C17H23NO2S2. The number of hydrogen-bond acceptors (Lipinski definition) is 4. The van der Waals surface area contributed by atoms with Gasteiger partial charge in [-0.05, 0) is 43.8 Å². The van der Waals surface area contributed by atoms with Gasteiger partial charge in [-0.25, -0.2) is 0 Å². The molecule has 1 aromatic carbocycles. The fourth-order valence-corrected chi connectivity index (χ4v) is 3.76. The zero-order valence-electron chi connectivity index (χ0n) is 13.5. The van der Waals surface area contributed by atoms with Crippen molar-refractivity contribution in [2.24, 2.45) is 0 Å². The zero-order valence-corrected chi connectivity index (χ0v) is 15.1. The Bertz CT molecular complexity index is 579. The van der Waals surface area contributed by atoms with E-state index in [1.807, 2.05) is 50.4 Å². The monoisotopic (exact) mass is 337 g/mol. The Balaban J connectivity index is 2.22. The molecule has 1 heterocycles. The molecule has 2 aromatic rings. The predicted molar refractivity (Wildman–Crippen MR) is 94.8 cm³/mol. The fourth-order valence-electron chi connectivity index (χ4n) is 2.09. The van der Waals surface area contributed by atoms with Gasteiger partial charge in [0, 0.05) is 22.7 Å². The quantitative estimate of drug-likeness (QED) is 0.807. The second kappa shape index (κ2) is 7.51. The highest BCUT2D eigenvalue weighted by molar-refractivity contribution is 7.90. The predicted octanol–water partition coefficient (Wildman–Crippen LogP) is 4.09. The molecule has 0 bridgehead atoms. The normalized spacial score (nSPS) is 14.6. The Kier molecular flexibility index (Phi) is 5.92. The number of nitrogens with one attached hydrogen (secondary N) is 1. The summed E-state index contributed by atoms with van der Waals surface area (Å²) in [5, 5.41) is 2.05. The molecule has 0 aliphatic heterocycles. The highest BCUT2D eigenvalue weighted by Gasteiger charge is 2.30. The van der Waals surface area contributed by atoms with Gasteiger partial charge in [-0.3, -0.25) is 0 Å². The molecule has 3 nitrogen and oxygen atoms in total. The topological polar surface area (TPSA) is 44.3 Å². The van der Waals surface area contributed by atoms with Crippen LogP contribution in [0, 0.1) is 0 Å². The van der Waals surface area contributed by atoms with Crippen molar-refractivity contribution >= 4 is 22.7 Å². The third kappa shape index (κ3) is 4.49. The average molecular weight is 338 g/mol. The highest BCUT2D eigenvalue weighted by Crippen LogP contribution is 2.29. The van der Waals surface area contributed by atoms with Crippen LogP contribution in [0.25, 0.3) is 0 Å². The van der Waals surface area contributed by atoms with Crippen LogP contribution >= 0.6 is 11.3 Å². The molecule has 0 aliphatic carbocycles. The third-order valence-corrected chi connectivity index (χ3v) is 5.91. The second-order valence-electron chi connectivity index (χ2n) is 6.08. The minimum Gasteiger partial charge on any atom is -0.598 e. The van der Waals surface area contributed by atoms with Crippen LogP contribution in [0.3, 0.4) is 0 Å². The van der Waals surface area contributed by atoms with Crippen LogP contribution in [0.4, 0.5) is 0 Å². The first-order valence-corrected chi connectivity index (χ1v) is 9.28. The largest absolute Gasteiger partial charge is 0.598 e. The van der Waals surface area contributed by atoms with Crippen LogP contribution in [-0.2, 0) is 17.8 Å². The molecule has 0 aliphatic rings. The molecule has 1 aromatic heterocycles. The van der Waals surface area contributed by atoms with E-state index in [9.17, 15) is 4.55 Å². The van der Waals surface area contributed by atoms with Crippen LogP contribution in [0.5, 0.6) is 5.75 Å². The highest BCUT2D eigenvalue weighted by atomic mass is 32.2. The van der Waals surface area contributed by atoms with Crippen molar-refractivity contribution in [3.05, 3.63) is 52.2 Å². The standard InChI is InChI=1S/C17H23NO2S2/c1-17(2,3)22(19)18-14(16-10-7-11-21-16)12-13-8-5-6-9-15(13)20-4/h5-11,14,18H,12H2,1-4H3/t14?,22-/m1/s1. The zero-order chi connectivity index (χ0) is 16.2. The maximum Gasteiger partial charge on any atom is 0.136 e. The molecule has 0 saturated heterocycles. The minimum atomic E-state index is -1.12. The minimum absolute atomic E-state index is 0.0105. The van der Waals surface area contributed by atoms with Gasteiger partial charge in [0.05, 0.1) is 13.2 Å². The van der Waals surface area contributed by atoms with E-state index in [4.69, 9.17) is 4.74 Å². The van der Waals surface area contributed by atoms with Crippen molar-refractivity contribution in [2.45, 2.75) is 38.0 Å². The lowest BCUT2D eigenvalue weighted by Gasteiger charge is -2.28. The van der Waals surface area contributed by atoms with E-state index >= 15 is 0 Å². The van der Waals surface area contributed by atoms with E-state index in [2.05, 4.69) is 16.9 Å². The molecular weight excluding hydrogens is 314 g/mol. The van der Waals surface area contributed by atoms with Gasteiger partial charge in [-0.2, -0.15) is 0 Å². The summed E-state index contributed by atoms with van der Waals surface area (Å²) in [7, 11) is 1.68. The van der Waals surface area contributed by atoms with Gasteiger partial charge >= 0.3 is 0 Å². The van der Waals surface area contributed by atoms with E-state index in [-0.39, 0.29) is 10.8 Å². The summed E-state index contributed by atoms with van der Waals surface area (Å²) in [4.78, 5) is 1.18. The molecule has 0 fully saturated rings. The lowest BCUT2D eigenvalue weighted by atomic mass is 10.0. The van der Waals surface area contributed by atoms with Crippen LogP contribution in [0.2, 0.25) is 0 Å². The Morgan fingerprint density at radius 2 is 1.95 bits per heavy atom. The molecule has 0 radical (unpaired) electrons. The van der Waals surface area contributed by atoms with Crippen LogP contribution in [0.15, 0.2) is 41.8 Å². The molecule has 0 saturated carbocycles. The number of ether oxygens (including phenoxy) is 1. The Labute approximate surface area is 140 Å². The first-order chi connectivity index (χ1) is 10.4. The Morgan fingerprint density at radius 3 is 2.55 bits per heavy atom. The van der Waals surface area contributed by atoms with Gasteiger partial charge in [0.1, 0.15) is 10.5 Å². The number of para-hydroxylation sites is 1. The van der Waals surface area contributed by atoms with Crippen LogP contribution < -0.4 is 9.46 Å². The third-order valence-electron chi connectivity index (χ3n) is 3.31. The van der Waals surface area contributed by atoms with Crippen molar-refractivity contribution in [1.82, 2.24) is 4.72 Å². The summed E-state index contributed by atoms with van der Waals surface area (Å²) in [6, 6.07) is 12.1. The lowest BCUT2D eigenvalue weighted by molar-refractivity contribution is 0.407. The van der Waals surface area contributed by atoms with Crippen LogP contribution in [0.1, 0.15) is 37.3 Å². The first kappa shape index (κ1) is 17.3. The summed E-state index contributed by atoms with van der Waals surface area (Å²) in [5.41, 5.74) is 1.11. The van der Waals surface area contributed by atoms with Crippen LogP contribution in [-0.4, -0.2) is 16.4 Å². The van der Waals surface area contributed by atoms with Gasteiger partial charge in [0.15, 0.2) is 0 Å². The first-order valence-electron chi connectivity index (χ1n) is 7.25. The maximum atomic E-state index is 12.5. The van der Waals surface area contributed by atoms with Crippen molar-refractivity contribution in [3.63, 3.8) is 0 Å². The van der Waals surface area contributed by atoms with E-state index in [1.54, 1.807) is 18.4 Å². The van der Waals surface area contributed by atoms with Crippen molar-refractivity contribution < 1.29 is 9.29 Å². The number of thiophene rings is 1. The average Bonchev–Trinajstić information content (AvgIpc) is 3.00. The van der Waals surface area contributed by atoms with E-state index < -0.39 is 11.4 Å². The number of hydrogen-bond donors (Lipinski definition) is 1. The molecule has 2 atom stereocenters. The number of rotatable bonds is 6. The molecule has 0 amide bonds. The van der Waals surface area contributed by atoms with E-state index in [1.165, 1.54) is 4.88 Å². The van der Waals surface area contributed by atoms with Gasteiger partial charge in [-0.15, -0.1) is 16.1 Å². The summed E-state index contributed by atoms with van der Waals surface area (Å²) >= 11 is 0.560. The smallest absolute Gasteiger partial charge is 0.136 e. The number of methoxy groups -OCH3 is 1. The van der Waals surface area contributed by atoms with E-state index in [0.717, 1.165) is 17.7 Å². The van der Waals surface area contributed by atoms with Crippen molar-refractivity contribution in [2.75, 3.05) is 7.11 Å². The van der Waals surface area contributed by atoms with Gasteiger partial charge in [0.25, 0.3) is 0 Å². The Hall–Kier alpha value is -1.01. The SMILES string of the molecule is COc1ccccc1CC(N[S@+]([O-])C(C)(C)C)c1cccs1. The molecule has 1 N–H and O–H groups in total. The molecule has 5 heteroatoms.